The standard InChI is InChI=1S/C18H20ClO3P.Li.H/c1-4-12(2)22-13-8-10-14(11-9-13)23-18(20)17-15(19)6-5-7-16(17)21-3;;/h5-12,23H,4H2,1-3H3;;. The zero-order chi connectivity index (χ0) is 16.8. The van der Waals surface area contributed by atoms with Crippen LogP contribution in [0.15, 0.2) is 42.5 Å². The summed E-state index contributed by atoms with van der Waals surface area (Å²) in [5, 5.41) is 1.35. The molecule has 2 unspecified atom stereocenters. The second kappa shape index (κ2) is 10.1. The zero-order valence-corrected chi connectivity index (χ0v) is 15.2. The van der Waals surface area contributed by atoms with Gasteiger partial charge in [-0.2, -0.15) is 0 Å². The fraction of sp³-hybridized carbons (Fsp3) is 0.278. The molecule has 2 atom stereocenters. The molecule has 0 fully saturated rings. The Morgan fingerprint density at radius 3 is 2.46 bits per heavy atom. The SMILES string of the molecule is CCC(C)Oc1ccc(PC(=O)c2c(Cl)cccc2OC)cc1.[LiH]. The van der Waals surface area contributed by atoms with Crippen molar-refractivity contribution in [3.05, 3.63) is 53.1 Å². The molecule has 0 aliphatic carbocycles. The number of hydrogen-bond donors (Lipinski definition) is 0. The first kappa shape index (κ1) is 21.1. The van der Waals surface area contributed by atoms with Gasteiger partial charge in [-0.3, -0.25) is 4.79 Å². The van der Waals surface area contributed by atoms with Crippen LogP contribution in [0.5, 0.6) is 11.5 Å². The van der Waals surface area contributed by atoms with E-state index in [0.29, 0.717) is 16.3 Å². The first-order valence-corrected chi connectivity index (χ1v) is 8.83. The summed E-state index contributed by atoms with van der Waals surface area (Å²) in [4.78, 5) is 12.5. The molecule has 0 spiro atoms. The van der Waals surface area contributed by atoms with Crippen LogP contribution in [0.3, 0.4) is 0 Å². The van der Waals surface area contributed by atoms with Gasteiger partial charge in [-0.25, -0.2) is 0 Å². The van der Waals surface area contributed by atoms with E-state index in [9.17, 15) is 4.79 Å². The van der Waals surface area contributed by atoms with Crippen LogP contribution in [0.25, 0.3) is 0 Å². The van der Waals surface area contributed by atoms with E-state index < -0.39 is 0 Å². The molecule has 2 rings (SSSR count). The number of ether oxygens (including phenoxy) is 2. The molecule has 24 heavy (non-hydrogen) atoms. The van der Waals surface area contributed by atoms with Gasteiger partial charge in [0.2, 0.25) is 0 Å². The molecule has 124 valence electrons. The Kier molecular flexibility index (Phi) is 8.88. The molecule has 0 amide bonds. The van der Waals surface area contributed by atoms with Gasteiger partial charge in [0.25, 0.3) is 0 Å². The van der Waals surface area contributed by atoms with Gasteiger partial charge in [0, 0.05) is 0 Å². The van der Waals surface area contributed by atoms with Crippen molar-refractivity contribution in [3.63, 3.8) is 0 Å². The van der Waals surface area contributed by atoms with Gasteiger partial charge < -0.3 is 9.47 Å². The molecule has 0 radical (unpaired) electrons. The van der Waals surface area contributed by atoms with Gasteiger partial charge in [-0.05, 0) is 51.5 Å². The summed E-state index contributed by atoms with van der Waals surface area (Å²) < 4.78 is 11.0. The number of benzene rings is 2. The van der Waals surface area contributed by atoms with Gasteiger partial charge >= 0.3 is 18.9 Å². The molecule has 0 N–H and O–H groups in total. The summed E-state index contributed by atoms with van der Waals surface area (Å²) in [6, 6.07) is 12.8. The van der Waals surface area contributed by atoms with E-state index in [0.717, 1.165) is 17.5 Å². The van der Waals surface area contributed by atoms with Crippen LogP contribution in [-0.4, -0.2) is 37.6 Å². The zero-order valence-electron chi connectivity index (χ0n) is 13.4. The Bertz CT molecular complexity index is 676. The van der Waals surface area contributed by atoms with Gasteiger partial charge in [0.1, 0.15) is 11.5 Å². The van der Waals surface area contributed by atoms with Gasteiger partial charge in [-0.15, -0.1) is 0 Å². The molecule has 0 heterocycles. The maximum absolute atomic E-state index is 12.5. The van der Waals surface area contributed by atoms with Crippen molar-refractivity contribution in [2.24, 2.45) is 0 Å². The van der Waals surface area contributed by atoms with Crippen molar-refractivity contribution in [2.45, 2.75) is 26.4 Å². The monoisotopic (exact) mass is 358 g/mol. The Morgan fingerprint density at radius 1 is 1.21 bits per heavy atom. The van der Waals surface area contributed by atoms with E-state index >= 15 is 0 Å². The Morgan fingerprint density at radius 2 is 1.88 bits per heavy atom. The van der Waals surface area contributed by atoms with Crippen LogP contribution in [0.1, 0.15) is 30.6 Å². The summed E-state index contributed by atoms with van der Waals surface area (Å²) in [5.41, 5.74) is 0.401. The molecule has 2 aromatic rings. The first-order chi connectivity index (χ1) is 11.0. The number of methoxy groups -OCH3 is 1. The first-order valence-electron chi connectivity index (χ1n) is 7.45. The van der Waals surface area contributed by atoms with E-state index in [1.54, 1.807) is 18.2 Å². The number of rotatable bonds is 7. The molecular formula is C18H21ClLiO3P. The van der Waals surface area contributed by atoms with E-state index in [-0.39, 0.29) is 39.1 Å². The number of carbonyl (C=O) groups is 1. The van der Waals surface area contributed by atoms with Crippen molar-refractivity contribution in [1.82, 2.24) is 0 Å². The van der Waals surface area contributed by atoms with Crippen molar-refractivity contribution in [3.8, 4) is 11.5 Å². The topological polar surface area (TPSA) is 35.5 Å². The fourth-order valence-corrected chi connectivity index (χ4v) is 3.33. The summed E-state index contributed by atoms with van der Waals surface area (Å²) in [6.07, 6.45) is 1.13. The molecule has 2 aromatic carbocycles. The summed E-state index contributed by atoms with van der Waals surface area (Å²) in [5.74, 6) is 1.32. The Labute approximate surface area is 162 Å². The van der Waals surface area contributed by atoms with Gasteiger partial charge in [0.15, 0.2) is 5.52 Å². The molecule has 0 aromatic heterocycles. The summed E-state index contributed by atoms with van der Waals surface area (Å²) in [7, 11) is 1.52. The molecule has 0 bridgehead atoms. The third kappa shape index (κ3) is 5.54. The predicted molar refractivity (Wildman–Crippen MR) is 104 cm³/mol. The van der Waals surface area contributed by atoms with Crippen molar-refractivity contribution >= 4 is 49.9 Å². The molecule has 3 nitrogen and oxygen atoms in total. The summed E-state index contributed by atoms with van der Waals surface area (Å²) >= 11 is 6.15. The third-order valence-electron chi connectivity index (χ3n) is 3.45. The van der Waals surface area contributed by atoms with E-state index in [2.05, 4.69) is 6.92 Å². The Balaban J connectivity index is 0.00000288. The fourth-order valence-electron chi connectivity index (χ4n) is 2.02. The number of halogens is 1. The number of carbonyl (C=O) groups excluding carboxylic acids is 1. The Hall–Kier alpha value is -0.973. The molecule has 0 aliphatic rings. The second-order valence-electron chi connectivity index (χ2n) is 5.13. The quantitative estimate of drug-likeness (QED) is 0.554. The van der Waals surface area contributed by atoms with Crippen molar-refractivity contribution in [2.75, 3.05) is 7.11 Å². The van der Waals surface area contributed by atoms with Crippen LogP contribution >= 0.6 is 20.2 Å². The van der Waals surface area contributed by atoms with Crippen molar-refractivity contribution < 1.29 is 14.3 Å². The van der Waals surface area contributed by atoms with Crippen molar-refractivity contribution in [1.29, 1.82) is 0 Å². The summed E-state index contributed by atoms with van der Waals surface area (Å²) in [6.45, 7) is 4.11. The maximum atomic E-state index is 12.5. The minimum atomic E-state index is -0.0388. The third-order valence-corrected chi connectivity index (χ3v) is 4.86. The molecule has 0 saturated carbocycles. The van der Waals surface area contributed by atoms with Gasteiger partial charge in [-0.1, -0.05) is 36.7 Å². The molecule has 0 aliphatic heterocycles. The molecule has 6 heteroatoms. The molecule has 0 saturated heterocycles. The van der Waals surface area contributed by atoms with Crippen LogP contribution in [-0.2, 0) is 0 Å². The van der Waals surface area contributed by atoms with Gasteiger partial charge in [0.05, 0.1) is 23.8 Å². The molecular weight excluding hydrogens is 338 g/mol. The van der Waals surface area contributed by atoms with E-state index in [4.69, 9.17) is 21.1 Å². The average molecular weight is 359 g/mol. The van der Waals surface area contributed by atoms with Crippen LogP contribution < -0.4 is 14.8 Å². The van der Waals surface area contributed by atoms with E-state index in [1.807, 2.05) is 31.2 Å². The van der Waals surface area contributed by atoms with Crippen LogP contribution in [0, 0.1) is 0 Å². The predicted octanol–water partition coefficient (Wildman–Crippen LogP) is 4.02. The van der Waals surface area contributed by atoms with E-state index in [1.165, 1.54) is 7.11 Å². The van der Waals surface area contributed by atoms with Crippen LogP contribution in [0.4, 0.5) is 0 Å². The van der Waals surface area contributed by atoms with Crippen LogP contribution in [0.2, 0.25) is 5.02 Å². The normalized spacial score (nSPS) is 11.8. The minimum absolute atomic E-state index is 0. The number of hydrogen-bond acceptors (Lipinski definition) is 3. The second-order valence-corrected chi connectivity index (χ2v) is 6.82. The average Bonchev–Trinajstić information content (AvgIpc) is 2.56.